The molecule has 1 heterocycles. The summed E-state index contributed by atoms with van der Waals surface area (Å²) in [5.74, 6) is 0.199. The molecule has 4 nitrogen and oxygen atoms in total. The fourth-order valence-electron chi connectivity index (χ4n) is 1.78. The number of aromatic carboxylic acids is 1. The van der Waals surface area contributed by atoms with Crippen LogP contribution in [0, 0.1) is 0 Å². The number of hydrogen-bond donors (Lipinski definition) is 2. The highest BCUT2D eigenvalue weighted by molar-refractivity contribution is 7.99. The lowest BCUT2D eigenvalue weighted by atomic mass is 10.2. The molecule has 90 valence electrons. The maximum atomic E-state index is 11.0. The van der Waals surface area contributed by atoms with Crippen LogP contribution in [0.15, 0.2) is 46.2 Å². The standard InChI is InChI=1S/C13H9NO3S/c14-8-5-7(13(15)16)6-10-12(8)18-11-4-2-1-3-9(11)17-10/h1-6H,14H2,(H,15,16). The minimum absolute atomic E-state index is 0.131. The first-order valence-electron chi connectivity index (χ1n) is 5.26. The Kier molecular flexibility index (Phi) is 2.41. The molecule has 3 N–H and O–H groups in total. The van der Waals surface area contributed by atoms with Gasteiger partial charge in [0.2, 0.25) is 0 Å². The van der Waals surface area contributed by atoms with E-state index < -0.39 is 5.97 Å². The quantitative estimate of drug-likeness (QED) is 0.656. The molecule has 18 heavy (non-hydrogen) atoms. The lowest BCUT2D eigenvalue weighted by Gasteiger charge is -2.21. The molecule has 3 rings (SSSR count). The molecule has 0 aliphatic carbocycles. The zero-order chi connectivity index (χ0) is 12.7. The van der Waals surface area contributed by atoms with Crippen LogP contribution in [0.2, 0.25) is 0 Å². The van der Waals surface area contributed by atoms with E-state index in [-0.39, 0.29) is 5.56 Å². The zero-order valence-electron chi connectivity index (χ0n) is 9.21. The third-order valence-electron chi connectivity index (χ3n) is 2.61. The fourth-order valence-corrected chi connectivity index (χ4v) is 2.73. The predicted molar refractivity (Wildman–Crippen MR) is 68.5 cm³/mol. The summed E-state index contributed by atoms with van der Waals surface area (Å²) in [6, 6.07) is 10.5. The van der Waals surface area contributed by atoms with Gasteiger partial charge >= 0.3 is 5.97 Å². The minimum Gasteiger partial charge on any atom is -0.478 e. The van der Waals surface area contributed by atoms with E-state index in [1.807, 2.05) is 24.3 Å². The molecular formula is C13H9NO3S. The Morgan fingerprint density at radius 1 is 1.22 bits per heavy atom. The molecule has 2 aromatic rings. The highest BCUT2D eigenvalue weighted by atomic mass is 32.2. The normalized spacial score (nSPS) is 12.2. The van der Waals surface area contributed by atoms with Crippen LogP contribution in [0.4, 0.5) is 5.69 Å². The van der Waals surface area contributed by atoms with E-state index in [1.54, 1.807) is 0 Å². The molecule has 2 aromatic carbocycles. The molecule has 1 aliphatic heterocycles. The fraction of sp³-hybridized carbons (Fsp3) is 0. The summed E-state index contributed by atoms with van der Waals surface area (Å²) >= 11 is 1.49. The van der Waals surface area contributed by atoms with Gasteiger partial charge in [0.25, 0.3) is 0 Å². The predicted octanol–water partition coefficient (Wildman–Crippen LogP) is 3.22. The molecule has 1 aliphatic rings. The van der Waals surface area contributed by atoms with Crippen molar-refractivity contribution in [3.63, 3.8) is 0 Å². The average Bonchev–Trinajstić information content (AvgIpc) is 2.36. The Labute approximate surface area is 107 Å². The van der Waals surface area contributed by atoms with Crippen LogP contribution >= 0.6 is 11.8 Å². The molecule has 0 saturated heterocycles. The van der Waals surface area contributed by atoms with Crippen molar-refractivity contribution in [2.24, 2.45) is 0 Å². The maximum absolute atomic E-state index is 11.0. The SMILES string of the molecule is Nc1cc(C(=O)O)cc2c1Sc1ccccc1O2. The van der Waals surface area contributed by atoms with Crippen molar-refractivity contribution in [2.45, 2.75) is 9.79 Å². The number of carboxylic acid groups (broad SMARTS) is 1. The molecule has 0 aromatic heterocycles. The summed E-state index contributed by atoms with van der Waals surface area (Å²) in [5.41, 5.74) is 6.42. The summed E-state index contributed by atoms with van der Waals surface area (Å²) in [6.45, 7) is 0. The molecule has 0 saturated carbocycles. The number of carboxylic acids is 1. The third-order valence-corrected chi connectivity index (χ3v) is 3.81. The Balaban J connectivity index is 2.13. The van der Waals surface area contributed by atoms with E-state index in [4.69, 9.17) is 15.6 Å². The van der Waals surface area contributed by atoms with Crippen LogP contribution in [-0.4, -0.2) is 11.1 Å². The molecule has 0 spiro atoms. The molecule has 0 amide bonds. The highest BCUT2D eigenvalue weighted by Gasteiger charge is 2.21. The second kappa shape index (κ2) is 3.96. The van der Waals surface area contributed by atoms with Crippen molar-refractivity contribution in [1.29, 1.82) is 0 Å². The van der Waals surface area contributed by atoms with Gasteiger partial charge in [0.1, 0.15) is 11.5 Å². The largest absolute Gasteiger partial charge is 0.478 e. The van der Waals surface area contributed by atoms with Gasteiger partial charge in [-0.3, -0.25) is 0 Å². The number of nitrogen functional groups attached to an aromatic ring is 1. The second-order valence-corrected chi connectivity index (χ2v) is 4.90. The summed E-state index contributed by atoms with van der Waals surface area (Å²) < 4.78 is 5.68. The van der Waals surface area contributed by atoms with Gasteiger partial charge in [0.15, 0.2) is 0 Å². The van der Waals surface area contributed by atoms with Crippen LogP contribution in [0.25, 0.3) is 0 Å². The van der Waals surface area contributed by atoms with E-state index in [9.17, 15) is 4.79 Å². The Bertz CT molecular complexity index is 655. The zero-order valence-corrected chi connectivity index (χ0v) is 10.0. The first-order valence-corrected chi connectivity index (χ1v) is 6.08. The van der Waals surface area contributed by atoms with Crippen LogP contribution in [-0.2, 0) is 0 Å². The highest BCUT2D eigenvalue weighted by Crippen LogP contribution is 2.49. The Morgan fingerprint density at radius 3 is 2.78 bits per heavy atom. The maximum Gasteiger partial charge on any atom is 0.335 e. The smallest absolute Gasteiger partial charge is 0.335 e. The molecule has 0 unspecified atom stereocenters. The van der Waals surface area contributed by atoms with E-state index in [0.29, 0.717) is 11.4 Å². The topological polar surface area (TPSA) is 72.6 Å². The van der Waals surface area contributed by atoms with Gasteiger partial charge < -0.3 is 15.6 Å². The second-order valence-electron chi connectivity index (χ2n) is 3.85. The van der Waals surface area contributed by atoms with E-state index >= 15 is 0 Å². The number of fused-ring (bicyclic) bond motifs is 2. The Hall–Kier alpha value is -2.14. The van der Waals surface area contributed by atoms with Crippen LogP contribution in [0.3, 0.4) is 0 Å². The van der Waals surface area contributed by atoms with Crippen LogP contribution in [0.1, 0.15) is 10.4 Å². The molecular weight excluding hydrogens is 250 g/mol. The number of para-hydroxylation sites is 1. The van der Waals surface area contributed by atoms with E-state index in [2.05, 4.69) is 0 Å². The van der Waals surface area contributed by atoms with Crippen molar-refractivity contribution in [1.82, 2.24) is 0 Å². The van der Waals surface area contributed by atoms with Gasteiger partial charge in [-0.15, -0.1) is 0 Å². The number of carbonyl (C=O) groups is 1. The first-order chi connectivity index (χ1) is 8.65. The number of anilines is 1. The van der Waals surface area contributed by atoms with Gasteiger partial charge in [-0.1, -0.05) is 23.9 Å². The van der Waals surface area contributed by atoms with Crippen molar-refractivity contribution >= 4 is 23.4 Å². The molecule has 0 fully saturated rings. The van der Waals surface area contributed by atoms with Crippen molar-refractivity contribution in [3.05, 3.63) is 42.0 Å². The minimum atomic E-state index is -1.02. The number of benzene rings is 2. The van der Waals surface area contributed by atoms with Gasteiger partial charge in [-0.25, -0.2) is 4.79 Å². The van der Waals surface area contributed by atoms with Crippen molar-refractivity contribution in [2.75, 3.05) is 5.73 Å². The number of hydrogen-bond acceptors (Lipinski definition) is 4. The number of ether oxygens (including phenoxy) is 1. The van der Waals surface area contributed by atoms with Crippen molar-refractivity contribution < 1.29 is 14.6 Å². The summed E-state index contributed by atoms with van der Waals surface area (Å²) in [6.07, 6.45) is 0. The molecule has 0 bridgehead atoms. The van der Waals surface area contributed by atoms with Gasteiger partial charge in [0.05, 0.1) is 21.0 Å². The molecule has 0 radical (unpaired) electrons. The third kappa shape index (κ3) is 1.69. The van der Waals surface area contributed by atoms with Crippen molar-refractivity contribution in [3.8, 4) is 11.5 Å². The first kappa shape index (κ1) is 11.0. The van der Waals surface area contributed by atoms with E-state index in [0.717, 1.165) is 15.5 Å². The summed E-state index contributed by atoms with van der Waals surface area (Å²) in [7, 11) is 0. The molecule has 0 atom stereocenters. The monoisotopic (exact) mass is 259 g/mol. The van der Waals surface area contributed by atoms with Crippen LogP contribution in [0.5, 0.6) is 11.5 Å². The summed E-state index contributed by atoms with van der Waals surface area (Å²) in [5, 5.41) is 8.99. The summed E-state index contributed by atoms with van der Waals surface area (Å²) in [4.78, 5) is 12.7. The Morgan fingerprint density at radius 2 is 2.00 bits per heavy atom. The molecule has 5 heteroatoms. The van der Waals surface area contributed by atoms with Crippen LogP contribution < -0.4 is 10.5 Å². The average molecular weight is 259 g/mol. The van der Waals surface area contributed by atoms with Gasteiger partial charge in [-0.2, -0.15) is 0 Å². The van der Waals surface area contributed by atoms with E-state index in [1.165, 1.54) is 23.9 Å². The lowest BCUT2D eigenvalue weighted by molar-refractivity contribution is 0.0696. The lowest BCUT2D eigenvalue weighted by Crippen LogP contribution is -2.03. The number of rotatable bonds is 1. The number of nitrogens with two attached hydrogens (primary N) is 1. The van der Waals surface area contributed by atoms with Gasteiger partial charge in [0, 0.05) is 0 Å². The van der Waals surface area contributed by atoms with Gasteiger partial charge in [-0.05, 0) is 24.3 Å².